The van der Waals surface area contributed by atoms with Crippen LogP contribution >= 0.6 is 12.2 Å². The Labute approximate surface area is 127 Å². The topological polar surface area (TPSA) is 66.4 Å². The number of amides is 1. The quantitative estimate of drug-likeness (QED) is 0.454. The van der Waals surface area contributed by atoms with Crippen LogP contribution in [0.1, 0.15) is 59.3 Å². The molecule has 0 aliphatic heterocycles. The average Bonchev–Trinajstić information content (AvgIpc) is 2.38. The number of thiocarbonyl (C=S) groups is 1. The predicted molar refractivity (Wildman–Crippen MR) is 84.9 cm³/mol. The standard InChI is InChI=1S/C15H27NO3S/c1-4-5-6-7-8-11(2)14(18)13(15(19)20)9-10-16-12(3)17/h11,13H,4-10H2,1-3H3,(H,16,17)(H,19,20). The fourth-order valence-electron chi connectivity index (χ4n) is 2.14. The molecule has 0 aliphatic carbocycles. The number of ketones is 1. The smallest absolute Gasteiger partial charge is 0.216 e. The number of rotatable bonds is 11. The van der Waals surface area contributed by atoms with Crippen LogP contribution in [0, 0.1) is 11.8 Å². The van der Waals surface area contributed by atoms with Crippen molar-refractivity contribution in [2.75, 3.05) is 6.54 Å². The molecular formula is C15H27NO3S. The van der Waals surface area contributed by atoms with E-state index in [4.69, 9.17) is 12.2 Å². The van der Waals surface area contributed by atoms with Crippen LogP contribution in [0.2, 0.25) is 0 Å². The van der Waals surface area contributed by atoms with E-state index >= 15 is 0 Å². The summed E-state index contributed by atoms with van der Waals surface area (Å²) in [5.41, 5.74) is 0. The predicted octanol–water partition coefficient (Wildman–Crippen LogP) is 3.19. The third-order valence-corrected chi connectivity index (χ3v) is 3.71. The lowest BCUT2D eigenvalue weighted by molar-refractivity contribution is -0.125. The molecule has 2 atom stereocenters. The van der Waals surface area contributed by atoms with Crippen LogP contribution in [0.3, 0.4) is 0 Å². The number of carbonyl (C=O) groups excluding carboxylic acids is 2. The molecule has 1 amide bonds. The van der Waals surface area contributed by atoms with Crippen LogP contribution in [-0.4, -0.2) is 28.4 Å². The molecule has 0 radical (unpaired) electrons. The van der Waals surface area contributed by atoms with Gasteiger partial charge in [-0.15, -0.1) is 0 Å². The molecule has 0 aromatic carbocycles. The molecule has 20 heavy (non-hydrogen) atoms. The summed E-state index contributed by atoms with van der Waals surface area (Å²) in [6.45, 7) is 5.81. The largest absolute Gasteiger partial charge is 0.501 e. The summed E-state index contributed by atoms with van der Waals surface area (Å²) in [4.78, 5) is 23.1. The molecule has 0 spiro atoms. The van der Waals surface area contributed by atoms with Crippen molar-refractivity contribution in [1.82, 2.24) is 5.32 Å². The van der Waals surface area contributed by atoms with Crippen molar-refractivity contribution in [3.63, 3.8) is 0 Å². The Balaban J connectivity index is 4.25. The molecule has 0 aromatic rings. The fourth-order valence-corrected chi connectivity index (χ4v) is 2.38. The summed E-state index contributed by atoms with van der Waals surface area (Å²) in [7, 11) is 0. The Morgan fingerprint density at radius 3 is 2.35 bits per heavy atom. The first kappa shape index (κ1) is 19.0. The zero-order valence-corrected chi connectivity index (χ0v) is 13.6. The molecule has 0 aromatic heterocycles. The zero-order valence-electron chi connectivity index (χ0n) is 12.8. The maximum Gasteiger partial charge on any atom is 0.216 e. The molecule has 0 saturated carbocycles. The van der Waals surface area contributed by atoms with Crippen LogP contribution in [0.5, 0.6) is 0 Å². The van der Waals surface area contributed by atoms with Gasteiger partial charge in [0.1, 0.15) is 5.78 Å². The van der Waals surface area contributed by atoms with Gasteiger partial charge in [0.25, 0.3) is 0 Å². The molecule has 0 heterocycles. The summed E-state index contributed by atoms with van der Waals surface area (Å²) in [5, 5.41) is 11.9. The van der Waals surface area contributed by atoms with Gasteiger partial charge in [0.05, 0.1) is 5.92 Å². The van der Waals surface area contributed by atoms with Gasteiger partial charge < -0.3 is 10.4 Å². The van der Waals surface area contributed by atoms with E-state index in [1.807, 2.05) is 6.92 Å². The van der Waals surface area contributed by atoms with Gasteiger partial charge in [-0.3, -0.25) is 9.59 Å². The second-order valence-corrected chi connectivity index (χ2v) is 5.73. The SMILES string of the molecule is CCCCCCC(C)C(=O)C(CCNC(C)=O)C(O)=S. The summed E-state index contributed by atoms with van der Waals surface area (Å²) < 4.78 is 0. The summed E-state index contributed by atoms with van der Waals surface area (Å²) in [6.07, 6.45) is 5.71. The van der Waals surface area contributed by atoms with Gasteiger partial charge in [-0.25, -0.2) is 0 Å². The fraction of sp³-hybridized carbons (Fsp3) is 0.800. The number of hydrogen-bond acceptors (Lipinski definition) is 3. The van der Waals surface area contributed by atoms with Gasteiger partial charge in [-0.05, 0) is 25.1 Å². The lowest BCUT2D eigenvalue weighted by Crippen LogP contribution is -2.32. The minimum Gasteiger partial charge on any atom is -0.501 e. The Morgan fingerprint density at radius 1 is 1.20 bits per heavy atom. The molecule has 5 heteroatoms. The van der Waals surface area contributed by atoms with Crippen molar-refractivity contribution < 1.29 is 14.7 Å². The van der Waals surface area contributed by atoms with Crippen LogP contribution in [0.15, 0.2) is 0 Å². The first-order valence-electron chi connectivity index (χ1n) is 7.41. The number of Topliss-reactive ketones (excluding diaryl/α,β-unsaturated/α-hetero) is 1. The molecule has 0 rings (SSSR count). The minimum absolute atomic E-state index is 0.0145. The Kier molecular flexibility index (Phi) is 10.3. The molecule has 0 aliphatic rings. The lowest BCUT2D eigenvalue weighted by atomic mass is 9.88. The zero-order chi connectivity index (χ0) is 15.5. The highest BCUT2D eigenvalue weighted by atomic mass is 32.1. The molecule has 0 bridgehead atoms. The molecule has 0 fully saturated rings. The van der Waals surface area contributed by atoms with Gasteiger partial charge in [0.2, 0.25) is 5.91 Å². The second-order valence-electron chi connectivity index (χ2n) is 5.32. The van der Waals surface area contributed by atoms with Crippen LogP contribution in [-0.2, 0) is 9.59 Å². The van der Waals surface area contributed by atoms with Crippen molar-refractivity contribution in [2.24, 2.45) is 11.8 Å². The molecule has 0 saturated heterocycles. The van der Waals surface area contributed by atoms with Crippen molar-refractivity contribution in [3.05, 3.63) is 0 Å². The van der Waals surface area contributed by atoms with Crippen molar-refractivity contribution in [1.29, 1.82) is 0 Å². The highest BCUT2D eigenvalue weighted by molar-refractivity contribution is 7.80. The molecular weight excluding hydrogens is 274 g/mol. The van der Waals surface area contributed by atoms with E-state index < -0.39 is 5.92 Å². The first-order chi connectivity index (χ1) is 9.40. The number of aliphatic hydroxyl groups is 1. The molecule has 116 valence electrons. The average molecular weight is 301 g/mol. The van der Waals surface area contributed by atoms with E-state index in [0.717, 1.165) is 19.3 Å². The van der Waals surface area contributed by atoms with Crippen molar-refractivity contribution in [2.45, 2.75) is 59.3 Å². The lowest BCUT2D eigenvalue weighted by Gasteiger charge is -2.18. The molecule has 4 nitrogen and oxygen atoms in total. The Morgan fingerprint density at radius 2 is 1.85 bits per heavy atom. The Bertz CT molecular complexity index is 331. The van der Waals surface area contributed by atoms with Gasteiger partial charge in [-0.1, -0.05) is 39.5 Å². The van der Waals surface area contributed by atoms with Crippen LogP contribution in [0.4, 0.5) is 0 Å². The van der Waals surface area contributed by atoms with E-state index in [-0.39, 0.29) is 22.7 Å². The molecule has 2 unspecified atom stereocenters. The summed E-state index contributed by atoms with van der Waals surface area (Å²) in [5.74, 6) is -0.899. The van der Waals surface area contributed by atoms with E-state index in [1.165, 1.54) is 19.8 Å². The maximum absolute atomic E-state index is 12.3. The normalized spacial score (nSPS) is 13.6. The van der Waals surface area contributed by atoms with Crippen LogP contribution < -0.4 is 5.32 Å². The van der Waals surface area contributed by atoms with E-state index in [9.17, 15) is 14.7 Å². The van der Waals surface area contributed by atoms with Crippen molar-refractivity contribution >= 4 is 29.0 Å². The highest BCUT2D eigenvalue weighted by Gasteiger charge is 2.26. The maximum atomic E-state index is 12.3. The second kappa shape index (κ2) is 10.8. The van der Waals surface area contributed by atoms with E-state index in [1.54, 1.807) is 0 Å². The van der Waals surface area contributed by atoms with Gasteiger partial charge in [-0.2, -0.15) is 0 Å². The van der Waals surface area contributed by atoms with Gasteiger partial charge in [0, 0.05) is 19.4 Å². The third kappa shape index (κ3) is 8.25. The Hall–Kier alpha value is -0.970. The number of carbonyl (C=O) groups is 2. The number of aliphatic hydroxyl groups excluding tert-OH is 1. The van der Waals surface area contributed by atoms with Crippen molar-refractivity contribution in [3.8, 4) is 0 Å². The number of nitrogens with one attached hydrogen (secondary N) is 1. The first-order valence-corrected chi connectivity index (χ1v) is 7.81. The third-order valence-electron chi connectivity index (χ3n) is 3.42. The summed E-state index contributed by atoms with van der Waals surface area (Å²) in [6, 6.07) is 0. The van der Waals surface area contributed by atoms with Gasteiger partial charge in [0.15, 0.2) is 5.05 Å². The van der Waals surface area contributed by atoms with Crippen LogP contribution in [0.25, 0.3) is 0 Å². The van der Waals surface area contributed by atoms with Gasteiger partial charge >= 0.3 is 0 Å². The molecule has 2 N–H and O–H groups in total. The monoisotopic (exact) mass is 301 g/mol. The number of hydrogen-bond donors (Lipinski definition) is 2. The van der Waals surface area contributed by atoms with E-state index in [0.29, 0.717) is 13.0 Å². The number of unbranched alkanes of at least 4 members (excludes halogenated alkanes) is 3. The van der Waals surface area contributed by atoms with E-state index in [2.05, 4.69) is 12.2 Å². The summed E-state index contributed by atoms with van der Waals surface area (Å²) >= 11 is 4.77. The highest BCUT2D eigenvalue weighted by Crippen LogP contribution is 2.18. The minimum atomic E-state index is -0.641.